The number of rotatable bonds is 2. The molecule has 0 aliphatic heterocycles. The lowest BCUT2D eigenvalue weighted by Crippen LogP contribution is -2.10. The smallest absolute Gasteiger partial charge is 0.0245 e. The Hall–Kier alpha value is -2.00. The van der Waals surface area contributed by atoms with Gasteiger partial charge in [-0.2, -0.15) is 0 Å². The van der Waals surface area contributed by atoms with E-state index in [1.165, 1.54) is 11.1 Å². The average Bonchev–Trinajstić information content (AvgIpc) is 2.44. The molecule has 0 nitrogen and oxygen atoms in total. The Morgan fingerprint density at radius 2 is 1.50 bits per heavy atom. The molecule has 0 amide bonds. The Morgan fingerprint density at radius 1 is 0.850 bits per heavy atom. The van der Waals surface area contributed by atoms with Gasteiger partial charge in [-0.15, -0.1) is 0 Å². The molecule has 2 aromatic rings. The molecule has 2 aromatic carbocycles. The normalized spacial score (nSPS) is 10.8. The summed E-state index contributed by atoms with van der Waals surface area (Å²) in [5.74, 6) is 6.50. The van der Waals surface area contributed by atoms with E-state index >= 15 is 0 Å². The highest BCUT2D eigenvalue weighted by molar-refractivity contribution is 5.38. The number of hydrogen-bond acceptors (Lipinski definition) is 0. The van der Waals surface area contributed by atoms with E-state index in [9.17, 15) is 0 Å². The summed E-state index contributed by atoms with van der Waals surface area (Å²) in [6.07, 6.45) is 1.93. The van der Waals surface area contributed by atoms with Crippen molar-refractivity contribution in [2.24, 2.45) is 0 Å². The first-order valence-corrected chi connectivity index (χ1v) is 7.19. The molecule has 20 heavy (non-hydrogen) atoms. The van der Waals surface area contributed by atoms with Crippen molar-refractivity contribution in [3.8, 4) is 11.8 Å². The van der Waals surface area contributed by atoms with Crippen molar-refractivity contribution < 1.29 is 0 Å². The molecule has 2 rings (SSSR count). The van der Waals surface area contributed by atoms with Gasteiger partial charge in [-0.05, 0) is 35.1 Å². The Morgan fingerprint density at radius 3 is 2.10 bits per heavy atom. The summed E-state index contributed by atoms with van der Waals surface area (Å²) in [4.78, 5) is 0. The van der Waals surface area contributed by atoms with Gasteiger partial charge in [0.1, 0.15) is 0 Å². The Balaban J connectivity index is 1.93. The topological polar surface area (TPSA) is 0 Å². The number of aryl methyl sites for hydroxylation is 1. The van der Waals surface area contributed by atoms with Gasteiger partial charge < -0.3 is 0 Å². The summed E-state index contributed by atoms with van der Waals surface area (Å²) in [6.45, 7) is 6.69. The lowest BCUT2D eigenvalue weighted by atomic mass is 9.87. The van der Waals surface area contributed by atoms with Gasteiger partial charge in [0.25, 0.3) is 0 Å². The van der Waals surface area contributed by atoms with Crippen molar-refractivity contribution in [3.63, 3.8) is 0 Å². The van der Waals surface area contributed by atoms with Crippen LogP contribution in [0.15, 0.2) is 54.6 Å². The largest absolute Gasteiger partial charge is 0.0975 e. The molecule has 0 atom stereocenters. The van der Waals surface area contributed by atoms with Crippen LogP contribution in [0.2, 0.25) is 0 Å². The highest BCUT2D eigenvalue weighted by Crippen LogP contribution is 2.21. The van der Waals surface area contributed by atoms with Crippen LogP contribution in [0.1, 0.15) is 43.9 Å². The third-order valence-electron chi connectivity index (χ3n) is 3.37. The summed E-state index contributed by atoms with van der Waals surface area (Å²) in [7, 11) is 0. The standard InChI is InChI=1S/C20H22/c1-20(2,3)19-15-13-18(14-16-19)12-8-7-11-17-9-5-4-6-10-17/h4-6,9-10,13-16H,7,11H2,1-3H3. The summed E-state index contributed by atoms with van der Waals surface area (Å²) in [6, 6.07) is 19.1. The Bertz CT molecular complexity index is 586. The summed E-state index contributed by atoms with van der Waals surface area (Å²) in [5, 5.41) is 0. The fourth-order valence-corrected chi connectivity index (χ4v) is 2.07. The third-order valence-corrected chi connectivity index (χ3v) is 3.37. The lowest BCUT2D eigenvalue weighted by molar-refractivity contribution is 0.590. The maximum absolute atomic E-state index is 3.26. The van der Waals surface area contributed by atoms with Crippen molar-refractivity contribution >= 4 is 0 Å². The van der Waals surface area contributed by atoms with Crippen molar-refractivity contribution in [3.05, 3.63) is 71.3 Å². The summed E-state index contributed by atoms with van der Waals surface area (Å²) >= 11 is 0. The van der Waals surface area contributed by atoms with E-state index < -0.39 is 0 Å². The fraction of sp³-hybridized carbons (Fsp3) is 0.300. The molecule has 0 heterocycles. The second-order valence-electron chi connectivity index (χ2n) is 6.11. The molecule has 0 heteroatoms. The first-order chi connectivity index (χ1) is 9.55. The second kappa shape index (κ2) is 6.44. The lowest BCUT2D eigenvalue weighted by Gasteiger charge is -2.18. The Kier molecular flexibility index (Phi) is 4.64. The van der Waals surface area contributed by atoms with Crippen LogP contribution in [0.3, 0.4) is 0 Å². The quantitative estimate of drug-likeness (QED) is 0.670. The van der Waals surface area contributed by atoms with E-state index in [0.717, 1.165) is 18.4 Å². The van der Waals surface area contributed by atoms with Crippen LogP contribution < -0.4 is 0 Å². The predicted octanol–water partition coefficient (Wildman–Crippen LogP) is 4.97. The molecule has 0 saturated carbocycles. The number of benzene rings is 2. The summed E-state index contributed by atoms with van der Waals surface area (Å²) < 4.78 is 0. The van der Waals surface area contributed by atoms with E-state index in [-0.39, 0.29) is 5.41 Å². The van der Waals surface area contributed by atoms with Gasteiger partial charge in [0.05, 0.1) is 0 Å². The van der Waals surface area contributed by atoms with Gasteiger partial charge in [0.2, 0.25) is 0 Å². The van der Waals surface area contributed by atoms with Gasteiger partial charge in [0, 0.05) is 12.0 Å². The molecule has 0 N–H and O–H groups in total. The predicted molar refractivity (Wildman–Crippen MR) is 86.8 cm³/mol. The highest BCUT2D eigenvalue weighted by atomic mass is 14.2. The van der Waals surface area contributed by atoms with E-state index in [2.05, 4.69) is 81.1 Å². The van der Waals surface area contributed by atoms with Gasteiger partial charge in [0.15, 0.2) is 0 Å². The van der Waals surface area contributed by atoms with Crippen molar-refractivity contribution in [1.82, 2.24) is 0 Å². The zero-order valence-electron chi connectivity index (χ0n) is 12.6. The minimum Gasteiger partial charge on any atom is -0.0975 e. The minimum absolute atomic E-state index is 0.208. The molecule has 0 radical (unpaired) electrons. The van der Waals surface area contributed by atoms with Crippen molar-refractivity contribution in [2.45, 2.75) is 39.0 Å². The van der Waals surface area contributed by atoms with Gasteiger partial charge in [-0.3, -0.25) is 0 Å². The van der Waals surface area contributed by atoms with Crippen LogP contribution >= 0.6 is 0 Å². The first kappa shape index (κ1) is 14.4. The van der Waals surface area contributed by atoms with E-state index in [1.54, 1.807) is 0 Å². The minimum atomic E-state index is 0.208. The molecule has 0 saturated heterocycles. The zero-order valence-corrected chi connectivity index (χ0v) is 12.6. The highest BCUT2D eigenvalue weighted by Gasteiger charge is 2.12. The third kappa shape index (κ3) is 4.28. The molecule has 0 aromatic heterocycles. The fourth-order valence-electron chi connectivity index (χ4n) is 2.07. The molecule has 0 fully saturated rings. The molecule has 0 aliphatic carbocycles. The zero-order chi connectivity index (χ0) is 14.4. The van der Waals surface area contributed by atoms with Gasteiger partial charge in [-0.25, -0.2) is 0 Å². The van der Waals surface area contributed by atoms with Crippen molar-refractivity contribution in [2.75, 3.05) is 0 Å². The van der Waals surface area contributed by atoms with E-state index in [4.69, 9.17) is 0 Å². The SMILES string of the molecule is CC(C)(C)c1ccc(C#CCCc2ccccc2)cc1. The average molecular weight is 262 g/mol. The summed E-state index contributed by atoms with van der Waals surface area (Å²) in [5.41, 5.74) is 4.02. The van der Waals surface area contributed by atoms with Gasteiger partial charge in [-0.1, -0.05) is 75.1 Å². The van der Waals surface area contributed by atoms with Crippen LogP contribution in [-0.4, -0.2) is 0 Å². The van der Waals surface area contributed by atoms with Crippen LogP contribution in [0.25, 0.3) is 0 Å². The molecular weight excluding hydrogens is 240 g/mol. The van der Waals surface area contributed by atoms with E-state index in [1.807, 2.05) is 6.07 Å². The maximum Gasteiger partial charge on any atom is 0.0245 e. The number of hydrogen-bond donors (Lipinski definition) is 0. The van der Waals surface area contributed by atoms with E-state index in [0.29, 0.717) is 0 Å². The Labute approximate surface area is 122 Å². The molecular formula is C20H22. The monoisotopic (exact) mass is 262 g/mol. The maximum atomic E-state index is 3.26. The van der Waals surface area contributed by atoms with Crippen LogP contribution in [0.5, 0.6) is 0 Å². The van der Waals surface area contributed by atoms with Crippen molar-refractivity contribution in [1.29, 1.82) is 0 Å². The molecule has 0 aliphatic rings. The van der Waals surface area contributed by atoms with Crippen LogP contribution in [-0.2, 0) is 11.8 Å². The molecule has 0 spiro atoms. The molecule has 102 valence electrons. The van der Waals surface area contributed by atoms with Crippen LogP contribution in [0, 0.1) is 11.8 Å². The molecule has 0 bridgehead atoms. The first-order valence-electron chi connectivity index (χ1n) is 7.19. The van der Waals surface area contributed by atoms with Crippen LogP contribution in [0.4, 0.5) is 0 Å². The molecule has 0 unspecified atom stereocenters. The second-order valence-corrected chi connectivity index (χ2v) is 6.11. The van der Waals surface area contributed by atoms with Gasteiger partial charge >= 0.3 is 0 Å².